The molecular formula is C31H40BrFN4O4. The summed E-state index contributed by atoms with van der Waals surface area (Å²) in [5, 5.41) is 9.71. The number of ether oxygens (including phenoxy) is 2. The van der Waals surface area contributed by atoms with Gasteiger partial charge in [-0.1, -0.05) is 39.0 Å². The molecule has 1 unspecified atom stereocenters. The van der Waals surface area contributed by atoms with Crippen LogP contribution in [0.15, 0.2) is 40.9 Å². The molecule has 3 aliphatic rings. The van der Waals surface area contributed by atoms with Crippen molar-refractivity contribution in [3.05, 3.63) is 57.8 Å². The molecule has 8 nitrogen and oxygen atoms in total. The van der Waals surface area contributed by atoms with Crippen molar-refractivity contribution in [3.8, 4) is 5.75 Å². The second kappa shape index (κ2) is 12.0. The van der Waals surface area contributed by atoms with E-state index in [9.17, 15) is 9.59 Å². The van der Waals surface area contributed by atoms with Crippen molar-refractivity contribution in [2.24, 2.45) is 5.41 Å². The minimum Gasteiger partial charge on any atom is -0.497 e. The molecule has 3 aliphatic heterocycles. The van der Waals surface area contributed by atoms with Crippen LogP contribution < -0.4 is 20.7 Å². The molecule has 0 bridgehead atoms. The van der Waals surface area contributed by atoms with Crippen molar-refractivity contribution in [2.45, 2.75) is 57.0 Å². The Kier molecular flexibility index (Phi) is 8.76. The Balaban J connectivity index is 1.54. The molecule has 10 heteroatoms. The van der Waals surface area contributed by atoms with E-state index in [0.717, 1.165) is 44.8 Å². The van der Waals surface area contributed by atoms with E-state index >= 15 is 4.39 Å². The Hall–Kier alpha value is -2.53. The lowest BCUT2D eigenvalue weighted by atomic mass is 9.62. The van der Waals surface area contributed by atoms with Crippen molar-refractivity contribution in [1.82, 2.24) is 15.5 Å². The lowest BCUT2D eigenvalue weighted by molar-refractivity contribution is -0.123. The third-order valence-corrected chi connectivity index (χ3v) is 9.13. The van der Waals surface area contributed by atoms with E-state index in [1.807, 2.05) is 12.1 Å². The topological polar surface area (TPSA) is 91.9 Å². The highest BCUT2D eigenvalue weighted by atomic mass is 79.9. The average molecular weight is 632 g/mol. The summed E-state index contributed by atoms with van der Waals surface area (Å²) in [5.41, 5.74) is 0.311. The number of hydrogen-bond donors (Lipinski definition) is 3. The number of amides is 2. The maximum absolute atomic E-state index is 16.0. The molecule has 222 valence electrons. The van der Waals surface area contributed by atoms with Gasteiger partial charge in [0.15, 0.2) is 0 Å². The third-order valence-electron chi connectivity index (χ3n) is 8.52. The molecule has 0 aromatic heterocycles. The number of nitrogens with one attached hydrogen (secondary N) is 3. The number of carbonyl (C=O) groups is 2. The highest BCUT2D eigenvalue weighted by Crippen LogP contribution is 2.57. The summed E-state index contributed by atoms with van der Waals surface area (Å²) in [4.78, 5) is 30.5. The van der Waals surface area contributed by atoms with Crippen LogP contribution in [-0.2, 0) is 19.7 Å². The first-order chi connectivity index (χ1) is 19.6. The average Bonchev–Trinajstić information content (AvgIpc) is 3.42. The van der Waals surface area contributed by atoms with Crippen LogP contribution >= 0.6 is 15.9 Å². The van der Waals surface area contributed by atoms with Gasteiger partial charge in [-0.25, -0.2) is 4.39 Å². The van der Waals surface area contributed by atoms with Crippen molar-refractivity contribution < 1.29 is 23.5 Å². The van der Waals surface area contributed by atoms with E-state index in [-0.39, 0.29) is 17.2 Å². The summed E-state index contributed by atoms with van der Waals surface area (Å²) in [5.74, 6) is -1.12. The normalized spacial score (nSPS) is 26.2. The number of halogens is 2. The zero-order valence-electron chi connectivity index (χ0n) is 24.2. The standard InChI is InChI=1S/C31H40BrFN4O4/c1-30(2,3)18-24-31(21-10-9-19(40-4)17-23(21)35-29(31)39)25(20-7-5-8-22(32)26(20)33)27(36-24)28(38)34-11-6-12-37-13-15-41-16-14-37/h5,7-10,17,24-25,27,36H,6,11-16,18H2,1-4H3,(H,34,38)(H,35,39)/t24?,25-,27+,31-/m0/s1. The molecule has 0 radical (unpaired) electrons. The van der Waals surface area contributed by atoms with Crippen molar-refractivity contribution in [2.75, 3.05) is 51.8 Å². The summed E-state index contributed by atoms with van der Waals surface area (Å²) >= 11 is 3.34. The maximum Gasteiger partial charge on any atom is 0.237 e. The van der Waals surface area contributed by atoms with Crippen LogP contribution in [0.25, 0.3) is 0 Å². The van der Waals surface area contributed by atoms with Gasteiger partial charge in [0.2, 0.25) is 11.8 Å². The van der Waals surface area contributed by atoms with Crippen LogP contribution in [0.1, 0.15) is 50.7 Å². The van der Waals surface area contributed by atoms with Crippen LogP contribution in [0, 0.1) is 11.2 Å². The Bertz CT molecular complexity index is 1300. The van der Waals surface area contributed by atoms with E-state index in [0.29, 0.717) is 34.4 Å². The smallest absolute Gasteiger partial charge is 0.237 e. The zero-order chi connectivity index (χ0) is 29.4. The van der Waals surface area contributed by atoms with Gasteiger partial charge in [0.05, 0.1) is 30.8 Å². The first-order valence-electron chi connectivity index (χ1n) is 14.3. The van der Waals surface area contributed by atoms with E-state index in [1.165, 1.54) is 0 Å². The minimum absolute atomic E-state index is 0.177. The fourth-order valence-electron chi connectivity index (χ4n) is 6.74. The molecule has 3 heterocycles. The second-order valence-corrected chi connectivity index (χ2v) is 13.3. The lowest BCUT2D eigenvalue weighted by Gasteiger charge is -2.37. The van der Waals surface area contributed by atoms with Gasteiger partial charge in [0.25, 0.3) is 0 Å². The molecule has 5 rings (SSSR count). The van der Waals surface area contributed by atoms with Gasteiger partial charge in [0, 0.05) is 43.3 Å². The number of anilines is 1. The summed E-state index contributed by atoms with van der Waals surface area (Å²) in [6.07, 6.45) is 1.38. The number of morpholine rings is 1. The summed E-state index contributed by atoms with van der Waals surface area (Å²) in [7, 11) is 1.58. The second-order valence-electron chi connectivity index (χ2n) is 12.4. The predicted octanol–water partition coefficient (Wildman–Crippen LogP) is 4.19. The first kappa shape index (κ1) is 29.9. The SMILES string of the molecule is COc1ccc2c(c1)NC(=O)[C@]21C(CC(C)(C)C)N[C@@H](C(=O)NCCCN2CCOCC2)[C@@H]1c1cccc(Br)c1F. The van der Waals surface area contributed by atoms with Crippen LogP contribution in [0.5, 0.6) is 5.75 Å². The molecule has 2 amide bonds. The zero-order valence-corrected chi connectivity index (χ0v) is 25.8. The van der Waals surface area contributed by atoms with Crippen LogP contribution in [0.4, 0.5) is 10.1 Å². The minimum atomic E-state index is -1.22. The number of benzene rings is 2. The molecule has 2 aromatic carbocycles. The molecule has 3 N–H and O–H groups in total. The highest BCUT2D eigenvalue weighted by molar-refractivity contribution is 9.10. The van der Waals surface area contributed by atoms with E-state index in [4.69, 9.17) is 9.47 Å². The van der Waals surface area contributed by atoms with E-state index in [1.54, 1.807) is 31.4 Å². The van der Waals surface area contributed by atoms with Crippen molar-refractivity contribution in [3.63, 3.8) is 0 Å². The summed E-state index contributed by atoms with van der Waals surface area (Å²) < 4.78 is 27.1. The number of hydrogen-bond acceptors (Lipinski definition) is 6. The first-order valence-corrected chi connectivity index (χ1v) is 15.1. The summed E-state index contributed by atoms with van der Waals surface area (Å²) in [6.45, 7) is 10.9. The fraction of sp³-hybridized carbons (Fsp3) is 0.548. The van der Waals surface area contributed by atoms with Gasteiger partial charge in [0.1, 0.15) is 17.0 Å². The Labute approximate surface area is 249 Å². The maximum atomic E-state index is 16.0. The molecule has 2 saturated heterocycles. The van der Waals surface area contributed by atoms with Gasteiger partial charge in [-0.15, -0.1) is 0 Å². The van der Waals surface area contributed by atoms with Crippen LogP contribution in [-0.4, -0.2) is 75.3 Å². The molecule has 2 aromatic rings. The van der Waals surface area contributed by atoms with Crippen molar-refractivity contribution >= 4 is 33.4 Å². The Morgan fingerprint density at radius 3 is 2.71 bits per heavy atom. The van der Waals surface area contributed by atoms with Gasteiger partial charge >= 0.3 is 0 Å². The van der Waals surface area contributed by atoms with Gasteiger partial charge in [-0.05, 0) is 64.0 Å². The number of rotatable bonds is 8. The summed E-state index contributed by atoms with van der Waals surface area (Å²) in [6, 6.07) is 9.33. The molecule has 0 saturated carbocycles. The molecular weight excluding hydrogens is 591 g/mol. The third kappa shape index (κ3) is 5.76. The Morgan fingerprint density at radius 2 is 2.00 bits per heavy atom. The lowest BCUT2D eigenvalue weighted by Crippen LogP contribution is -2.49. The highest BCUT2D eigenvalue weighted by Gasteiger charge is 2.66. The molecule has 0 aliphatic carbocycles. The van der Waals surface area contributed by atoms with Gasteiger partial charge in [-0.2, -0.15) is 0 Å². The number of methoxy groups -OCH3 is 1. The van der Waals surface area contributed by atoms with Gasteiger partial charge in [-0.3, -0.25) is 14.5 Å². The van der Waals surface area contributed by atoms with Crippen LogP contribution in [0.3, 0.4) is 0 Å². The number of carbonyl (C=O) groups excluding carboxylic acids is 2. The van der Waals surface area contributed by atoms with Crippen LogP contribution in [0.2, 0.25) is 0 Å². The Morgan fingerprint density at radius 1 is 1.24 bits per heavy atom. The number of nitrogens with zero attached hydrogens (tertiary/aromatic N) is 1. The molecule has 1 spiro atoms. The van der Waals surface area contributed by atoms with E-state index in [2.05, 4.69) is 57.6 Å². The fourth-order valence-corrected chi connectivity index (χ4v) is 7.12. The molecule has 2 fully saturated rings. The monoisotopic (exact) mass is 630 g/mol. The molecule has 41 heavy (non-hydrogen) atoms. The predicted molar refractivity (Wildman–Crippen MR) is 160 cm³/mol. The van der Waals surface area contributed by atoms with Crippen molar-refractivity contribution in [1.29, 1.82) is 0 Å². The number of fused-ring (bicyclic) bond motifs is 2. The molecule has 4 atom stereocenters. The quantitative estimate of drug-likeness (QED) is 0.379. The van der Waals surface area contributed by atoms with E-state index < -0.39 is 29.2 Å². The largest absolute Gasteiger partial charge is 0.497 e. The van der Waals surface area contributed by atoms with Gasteiger partial charge < -0.3 is 25.4 Å².